The molecule has 0 spiro atoms. The summed E-state index contributed by atoms with van der Waals surface area (Å²) in [5, 5.41) is 12.4. The normalized spacial score (nSPS) is 13.7. The standard InChI is InChI=1S/C15H16ClNO3S/c1-10(21-14-7-3-2-5-11(14)16)15(19)17-12(9-18)13-6-4-8-20-13/h2-8,10,12,18H,9H2,1H3,(H,17,19). The van der Waals surface area contributed by atoms with Crippen molar-refractivity contribution in [3.8, 4) is 0 Å². The van der Waals surface area contributed by atoms with Gasteiger partial charge in [-0.1, -0.05) is 23.7 Å². The Morgan fingerprint density at radius 1 is 1.38 bits per heavy atom. The maximum Gasteiger partial charge on any atom is 0.233 e. The summed E-state index contributed by atoms with van der Waals surface area (Å²) in [5.74, 6) is 0.344. The first kappa shape index (κ1) is 15.9. The third kappa shape index (κ3) is 4.27. The fourth-order valence-corrected chi connectivity index (χ4v) is 2.93. The van der Waals surface area contributed by atoms with Crippen LogP contribution in [-0.4, -0.2) is 22.9 Å². The molecule has 0 bridgehead atoms. The van der Waals surface area contributed by atoms with E-state index in [2.05, 4.69) is 5.32 Å². The highest BCUT2D eigenvalue weighted by atomic mass is 35.5. The molecular weight excluding hydrogens is 310 g/mol. The average Bonchev–Trinajstić information content (AvgIpc) is 3.00. The number of hydrogen-bond acceptors (Lipinski definition) is 4. The molecule has 2 aromatic rings. The molecule has 2 rings (SSSR count). The third-order valence-electron chi connectivity index (χ3n) is 2.90. The molecule has 1 aromatic heterocycles. The number of hydrogen-bond donors (Lipinski definition) is 2. The van der Waals surface area contributed by atoms with Crippen molar-refractivity contribution in [2.45, 2.75) is 23.1 Å². The van der Waals surface area contributed by atoms with Crippen molar-refractivity contribution in [2.75, 3.05) is 6.61 Å². The van der Waals surface area contributed by atoms with E-state index in [0.717, 1.165) is 4.90 Å². The summed E-state index contributed by atoms with van der Waals surface area (Å²) in [7, 11) is 0. The highest BCUT2D eigenvalue weighted by Gasteiger charge is 2.21. The van der Waals surface area contributed by atoms with Crippen LogP contribution in [0, 0.1) is 0 Å². The largest absolute Gasteiger partial charge is 0.467 e. The number of amides is 1. The molecule has 6 heteroatoms. The number of benzene rings is 1. The summed E-state index contributed by atoms with van der Waals surface area (Å²) in [4.78, 5) is 13.0. The lowest BCUT2D eigenvalue weighted by Gasteiger charge is -2.17. The van der Waals surface area contributed by atoms with Gasteiger partial charge in [0.15, 0.2) is 0 Å². The summed E-state index contributed by atoms with van der Waals surface area (Å²) in [6.45, 7) is 1.57. The van der Waals surface area contributed by atoms with Crippen LogP contribution in [0.15, 0.2) is 52.0 Å². The Hall–Kier alpha value is -1.43. The number of aliphatic hydroxyl groups excluding tert-OH is 1. The van der Waals surface area contributed by atoms with Crippen molar-refractivity contribution >= 4 is 29.3 Å². The summed E-state index contributed by atoms with van der Waals surface area (Å²) in [6.07, 6.45) is 1.51. The van der Waals surface area contributed by atoms with E-state index in [9.17, 15) is 9.90 Å². The van der Waals surface area contributed by atoms with Gasteiger partial charge in [-0.25, -0.2) is 0 Å². The first-order valence-electron chi connectivity index (χ1n) is 6.47. The number of furan rings is 1. The molecule has 2 atom stereocenters. The van der Waals surface area contributed by atoms with E-state index >= 15 is 0 Å². The Morgan fingerprint density at radius 3 is 2.76 bits per heavy atom. The minimum atomic E-state index is -0.540. The summed E-state index contributed by atoms with van der Waals surface area (Å²) >= 11 is 7.45. The third-order valence-corrected chi connectivity index (χ3v) is 4.51. The minimum Gasteiger partial charge on any atom is -0.467 e. The molecule has 2 unspecified atom stereocenters. The van der Waals surface area contributed by atoms with Gasteiger partial charge in [0.2, 0.25) is 5.91 Å². The fraction of sp³-hybridized carbons (Fsp3) is 0.267. The van der Waals surface area contributed by atoms with Gasteiger partial charge in [0.25, 0.3) is 0 Å². The Labute approximate surface area is 132 Å². The van der Waals surface area contributed by atoms with Crippen molar-refractivity contribution < 1.29 is 14.3 Å². The number of thioether (sulfide) groups is 1. The predicted octanol–water partition coefficient (Wildman–Crippen LogP) is 3.26. The van der Waals surface area contributed by atoms with Gasteiger partial charge in [-0.15, -0.1) is 11.8 Å². The second kappa shape index (κ2) is 7.54. The summed E-state index contributed by atoms with van der Waals surface area (Å²) in [6, 6.07) is 10.3. The molecule has 21 heavy (non-hydrogen) atoms. The molecule has 0 fully saturated rings. The number of carbonyl (C=O) groups is 1. The summed E-state index contributed by atoms with van der Waals surface area (Å²) < 4.78 is 5.20. The molecule has 1 amide bonds. The number of aliphatic hydroxyl groups is 1. The topological polar surface area (TPSA) is 62.5 Å². The molecule has 1 aromatic carbocycles. The van der Waals surface area contributed by atoms with Crippen LogP contribution in [0.1, 0.15) is 18.7 Å². The Bertz CT molecular complexity index is 588. The van der Waals surface area contributed by atoms with Crippen molar-refractivity contribution in [3.05, 3.63) is 53.4 Å². The molecule has 0 aliphatic carbocycles. The smallest absolute Gasteiger partial charge is 0.233 e. The second-order valence-corrected chi connectivity index (χ2v) is 6.24. The van der Waals surface area contributed by atoms with Crippen LogP contribution < -0.4 is 5.32 Å². The van der Waals surface area contributed by atoms with Gasteiger partial charge >= 0.3 is 0 Å². The van der Waals surface area contributed by atoms with Crippen molar-refractivity contribution in [1.82, 2.24) is 5.32 Å². The first-order chi connectivity index (χ1) is 10.1. The lowest BCUT2D eigenvalue weighted by atomic mass is 10.2. The summed E-state index contributed by atoms with van der Waals surface area (Å²) in [5.41, 5.74) is 0. The lowest BCUT2D eigenvalue weighted by Crippen LogP contribution is -2.35. The van der Waals surface area contributed by atoms with Gasteiger partial charge in [0.1, 0.15) is 11.8 Å². The van der Waals surface area contributed by atoms with E-state index in [-0.39, 0.29) is 17.8 Å². The molecule has 1 heterocycles. The van der Waals surface area contributed by atoms with E-state index in [1.807, 2.05) is 18.2 Å². The van der Waals surface area contributed by atoms with E-state index in [0.29, 0.717) is 10.8 Å². The van der Waals surface area contributed by atoms with E-state index in [1.54, 1.807) is 25.1 Å². The highest BCUT2D eigenvalue weighted by Crippen LogP contribution is 2.30. The van der Waals surface area contributed by atoms with E-state index in [4.69, 9.17) is 16.0 Å². The van der Waals surface area contributed by atoms with E-state index < -0.39 is 6.04 Å². The average molecular weight is 326 g/mol. The monoisotopic (exact) mass is 325 g/mol. The van der Waals surface area contributed by atoms with Gasteiger partial charge < -0.3 is 14.8 Å². The molecule has 0 radical (unpaired) electrons. The highest BCUT2D eigenvalue weighted by molar-refractivity contribution is 8.00. The zero-order valence-corrected chi connectivity index (χ0v) is 13.0. The number of rotatable bonds is 6. The van der Waals surface area contributed by atoms with Crippen LogP contribution in [-0.2, 0) is 4.79 Å². The van der Waals surface area contributed by atoms with Crippen LogP contribution >= 0.6 is 23.4 Å². The van der Waals surface area contributed by atoms with Crippen molar-refractivity contribution in [2.24, 2.45) is 0 Å². The lowest BCUT2D eigenvalue weighted by molar-refractivity contribution is -0.121. The first-order valence-corrected chi connectivity index (χ1v) is 7.73. The predicted molar refractivity (Wildman–Crippen MR) is 83.4 cm³/mol. The van der Waals surface area contributed by atoms with Crippen LogP contribution in [0.2, 0.25) is 5.02 Å². The maximum atomic E-state index is 12.2. The quantitative estimate of drug-likeness (QED) is 0.800. The molecule has 112 valence electrons. The molecule has 0 saturated carbocycles. The molecular formula is C15H16ClNO3S. The number of nitrogens with one attached hydrogen (secondary N) is 1. The van der Waals surface area contributed by atoms with Gasteiger partial charge in [0, 0.05) is 4.90 Å². The van der Waals surface area contributed by atoms with E-state index in [1.165, 1.54) is 18.0 Å². The van der Waals surface area contributed by atoms with Crippen molar-refractivity contribution in [1.29, 1.82) is 0 Å². The second-order valence-electron chi connectivity index (χ2n) is 4.45. The fourth-order valence-electron chi connectivity index (χ4n) is 1.77. The molecule has 0 aliphatic heterocycles. The van der Waals surface area contributed by atoms with Gasteiger partial charge in [-0.3, -0.25) is 4.79 Å². The van der Waals surface area contributed by atoms with Gasteiger partial charge in [-0.05, 0) is 31.2 Å². The Balaban J connectivity index is 1.98. The zero-order valence-electron chi connectivity index (χ0n) is 11.5. The molecule has 0 saturated heterocycles. The SMILES string of the molecule is CC(Sc1ccccc1Cl)C(=O)NC(CO)c1ccco1. The van der Waals surface area contributed by atoms with Crippen molar-refractivity contribution in [3.63, 3.8) is 0 Å². The van der Waals surface area contributed by atoms with Gasteiger partial charge in [-0.2, -0.15) is 0 Å². The minimum absolute atomic E-state index is 0.185. The van der Waals surface area contributed by atoms with Crippen LogP contribution in [0.25, 0.3) is 0 Å². The maximum absolute atomic E-state index is 12.2. The molecule has 0 aliphatic rings. The Kier molecular flexibility index (Phi) is 5.73. The zero-order chi connectivity index (χ0) is 15.2. The number of carbonyl (C=O) groups excluding carboxylic acids is 1. The van der Waals surface area contributed by atoms with Crippen LogP contribution in [0.4, 0.5) is 0 Å². The molecule has 4 nitrogen and oxygen atoms in total. The van der Waals surface area contributed by atoms with Gasteiger partial charge in [0.05, 0.1) is 23.1 Å². The Morgan fingerprint density at radius 2 is 2.14 bits per heavy atom. The van der Waals surface area contributed by atoms with Crippen LogP contribution in [0.5, 0.6) is 0 Å². The van der Waals surface area contributed by atoms with Crippen LogP contribution in [0.3, 0.4) is 0 Å². The number of halogens is 1. The molecule has 2 N–H and O–H groups in total.